The minimum absolute atomic E-state index is 0.193. The van der Waals surface area contributed by atoms with E-state index in [-0.39, 0.29) is 6.03 Å². The van der Waals surface area contributed by atoms with E-state index in [1.165, 1.54) is 37.0 Å². The van der Waals surface area contributed by atoms with Gasteiger partial charge in [-0.2, -0.15) is 0 Å². The Bertz CT molecular complexity index is 680. The molecule has 0 unspecified atom stereocenters. The van der Waals surface area contributed by atoms with E-state index < -0.39 is 0 Å². The maximum Gasteiger partial charge on any atom is 0.319 e. The third-order valence-electron chi connectivity index (χ3n) is 4.15. The zero-order valence-electron chi connectivity index (χ0n) is 13.6. The molecule has 0 bridgehead atoms. The number of benzene rings is 1. The molecule has 1 aromatic heterocycles. The molecule has 24 heavy (non-hydrogen) atoms. The lowest BCUT2D eigenvalue weighted by atomic mass is 10.2. The van der Waals surface area contributed by atoms with Gasteiger partial charge in [-0.15, -0.1) is 11.3 Å². The van der Waals surface area contributed by atoms with E-state index in [1.54, 1.807) is 0 Å². The van der Waals surface area contributed by atoms with E-state index in [2.05, 4.69) is 21.6 Å². The second kappa shape index (κ2) is 8.40. The number of thiophene rings is 1. The summed E-state index contributed by atoms with van der Waals surface area (Å²) in [7, 11) is 0. The minimum atomic E-state index is -0.193. The number of nitrogens with zero attached hydrogens (tertiary/aromatic N) is 1. The first-order chi connectivity index (χ1) is 11.7. The molecule has 128 valence electrons. The molecule has 3 rings (SSSR count). The van der Waals surface area contributed by atoms with Crippen LogP contribution in [0.5, 0.6) is 0 Å². The Morgan fingerprint density at radius 3 is 2.54 bits per heavy atom. The molecule has 2 heterocycles. The molecule has 1 fully saturated rings. The van der Waals surface area contributed by atoms with Gasteiger partial charge in [-0.05, 0) is 37.1 Å². The van der Waals surface area contributed by atoms with Crippen molar-refractivity contribution in [2.45, 2.75) is 32.2 Å². The average molecular weight is 364 g/mol. The molecule has 0 atom stereocenters. The van der Waals surface area contributed by atoms with Gasteiger partial charge in [-0.3, -0.25) is 0 Å². The quantitative estimate of drug-likeness (QED) is 0.793. The highest BCUT2D eigenvalue weighted by molar-refractivity contribution is 7.16. The largest absolute Gasteiger partial charge is 0.370 e. The van der Waals surface area contributed by atoms with Crippen LogP contribution in [0.25, 0.3) is 0 Å². The molecule has 1 aliphatic heterocycles. The molecule has 2 aromatic rings. The van der Waals surface area contributed by atoms with Crippen LogP contribution in [-0.2, 0) is 6.54 Å². The summed E-state index contributed by atoms with van der Waals surface area (Å²) in [4.78, 5) is 15.6. The van der Waals surface area contributed by atoms with Crippen LogP contribution >= 0.6 is 22.9 Å². The van der Waals surface area contributed by atoms with Crippen LogP contribution in [0.1, 0.15) is 30.6 Å². The Balaban J connectivity index is 1.62. The predicted molar refractivity (Wildman–Crippen MR) is 102 cm³/mol. The zero-order valence-corrected chi connectivity index (χ0v) is 15.1. The third kappa shape index (κ3) is 4.65. The van der Waals surface area contributed by atoms with Gasteiger partial charge in [0.1, 0.15) is 0 Å². The molecule has 0 spiro atoms. The number of rotatable bonds is 4. The van der Waals surface area contributed by atoms with Gasteiger partial charge >= 0.3 is 6.03 Å². The summed E-state index contributed by atoms with van der Waals surface area (Å²) in [6, 6.07) is 11.6. The second-order valence-electron chi connectivity index (χ2n) is 5.93. The number of amides is 2. The minimum Gasteiger partial charge on any atom is -0.370 e. The van der Waals surface area contributed by atoms with Crippen molar-refractivity contribution >= 4 is 40.3 Å². The molecule has 1 saturated heterocycles. The number of carbonyl (C=O) groups excluding carboxylic acids is 1. The Kier molecular flexibility index (Phi) is 5.99. The van der Waals surface area contributed by atoms with Crippen LogP contribution in [0, 0.1) is 0 Å². The number of hydrogen-bond donors (Lipinski definition) is 2. The van der Waals surface area contributed by atoms with Gasteiger partial charge < -0.3 is 15.5 Å². The van der Waals surface area contributed by atoms with Gasteiger partial charge in [0.25, 0.3) is 0 Å². The van der Waals surface area contributed by atoms with Crippen LogP contribution in [0.4, 0.5) is 16.2 Å². The molecule has 1 aliphatic rings. The van der Waals surface area contributed by atoms with Crippen molar-refractivity contribution in [3.8, 4) is 0 Å². The summed E-state index contributed by atoms with van der Waals surface area (Å²) in [6.07, 6.45) is 4.99. The predicted octanol–water partition coefficient (Wildman–Crippen LogP) is 5.10. The molecule has 1 aromatic carbocycles. The van der Waals surface area contributed by atoms with Crippen LogP contribution in [0.2, 0.25) is 4.34 Å². The first-order valence-electron chi connectivity index (χ1n) is 8.35. The molecule has 2 amide bonds. The lowest BCUT2D eigenvalue weighted by Gasteiger charge is -2.25. The van der Waals surface area contributed by atoms with Crippen molar-refractivity contribution in [1.29, 1.82) is 0 Å². The molecule has 4 nitrogen and oxygen atoms in total. The molecule has 0 radical (unpaired) electrons. The maximum atomic E-state index is 12.2. The lowest BCUT2D eigenvalue weighted by molar-refractivity contribution is 0.252. The van der Waals surface area contributed by atoms with Crippen molar-refractivity contribution < 1.29 is 4.79 Å². The molecule has 2 N–H and O–H groups in total. The monoisotopic (exact) mass is 363 g/mol. The Labute approximate surface area is 151 Å². The van der Waals surface area contributed by atoms with E-state index in [9.17, 15) is 4.79 Å². The van der Waals surface area contributed by atoms with E-state index in [4.69, 9.17) is 11.6 Å². The summed E-state index contributed by atoms with van der Waals surface area (Å²) < 4.78 is 0.735. The summed E-state index contributed by atoms with van der Waals surface area (Å²) in [6.45, 7) is 2.58. The number of para-hydroxylation sites is 2. The second-order valence-corrected chi connectivity index (χ2v) is 7.73. The topological polar surface area (TPSA) is 44.4 Å². The first-order valence-corrected chi connectivity index (χ1v) is 9.55. The van der Waals surface area contributed by atoms with Gasteiger partial charge in [-0.1, -0.05) is 36.6 Å². The van der Waals surface area contributed by atoms with E-state index in [1.807, 2.05) is 30.3 Å². The van der Waals surface area contributed by atoms with Crippen LogP contribution < -0.4 is 15.5 Å². The van der Waals surface area contributed by atoms with E-state index in [0.717, 1.165) is 33.7 Å². The van der Waals surface area contributed by atoms with E-state index in [0.29, 0.717) is 6.54 Å². The Morgan fingerprint density at radius 2 is 1.83 bits per heavy atom. The number of nitrogens with one attached hydrogen (secondary N) is 2. The fourth-order valence-electron chi connectivity index (χ4n) is 2.95. The van der Waals surface area contributed by atoms with Crippen molar-refractivity contribution in [2.75, 3.05) is 23.3 Å². The first kappa shape index (κ1) is 17.1. The summed E-state index contributed by atoms with van der Waals surface area (Å²) >= 11 is 7.39. The number of hydrogen-bond acceptors (Lipinski definition) is 3. The van der Waals surface area contributed by atoms with Gasteiger partial charge in [0.05, 0.1) is 22.3 Å². The number of urea groups is 1. The lowest BCUT2D eigenvalue weighted by Crippen LogP contribution is -2.30. The smallest absolute Gasteiger partial charge is 0.319 e. The molecular weight excluding hydrogens is 342 g/mol. The molecule has 0 saturated carbocycles. The third-order valence-corrected chi connectivity index (χ3v) is 5.38. The van der Waals surface area contributed by atoms with E-state index >= 15 is 0 Å². The average Bonchev–Trinajstić information content (AvgIpc) is 2.83. The molecule has 0 aliphatic carbocycles. The van der Waals surface area contributed by atoms with Crippen molar-refractivity contribution in [3.63, 3.8) is 0 Å². The number of carbonyl (C=O) groups is 1. The normalized spacial score (nSPS) is 15.0. The van der Waals surface area contributed by atoms with Crippen molar-refractivity contribution in [2.24, 2.45) is 0 Å². The maximum absolute atomic E-state index is 12.2. The molecule has 6 heteroatoms. The highest BCUT2D eigenvalue weighted by Crippen LogP contribution is 2.28. The van der Waals surface area contributed by atoms with Crippen LogP contribution in [0.3, 0.4) is 0 Å². The number of anilines is 2. The highest BCUT2D eigenvalue weighted by atomic mass is 35.5. The van der Waals surface area contributed by atoms with Crippen LogP contribution in [-0.4, -0.2) is 19.1 Å². The fourth-order valence-corrected chi connectivity index (χ4v) is 3.97. The molecular formula is C18H22ClN3OS. The van der Waals surface area contributed by atoms with Crippen molar-refractivity contribution in [3.05, 3.63) is 45.6 Å². The highest BCUT2D eigenvalue weighted by Gasteiger charge is 2.14. The Morgan fingerprint density at radius 1 is 1.08 bits per heavy atom. The Hall–Kier alpha value is -1.72. The zero-order chi connectivity index (χ0) is 16.8. The van der Waals surface area contributed by atoms with Crippen molar-refractivity contribution in [1.82, 2.24) is 5.32 Å². The summed E-state index contributed by atoms with van der Waals surface area (Å²) in [5.41, 5.74) is 1.97. The van der Waals surface area contributed by atoms with Gasteiger partial charge in [0, 0.05) is 18.0 Å². The van der Waals surface area contributed by atoms with Gasteiger partial charge in [0.2, 0.25) is 0 Å². The van der Waals surface area contributed by atoms with Crippen LogP contribution in [0.15, 0.2) is 36.4 Å². The summed E-state index contributed by atoms with van der Waals surface area (Å²) in [5.74, 6) is 0. The van der Waals surface area contributed by atoms with Gasteiger partial charge in [0.15, 0.2) is 0 Å². The standard InChI is InChI=1S/C18H22ClN3OS/c19-17-10-9-14(24-17)13-20-18(23)21-15-7-3-4-8-16(15)22-11-5-1-2-6-12-22/h3-4,7-10H,1-2,5-6,11-13H2,(H2,20,21,23). The summed E-state index contributed by atoms with van der Waals surface area (Å²) in [5, 5.41) is 5.87. The number of halogens is 1. The fraction of sp³-hybridized carbons (Fsp3) is 0.389. The SMILES string of the molecule is O=C(NCc1ccc(Cl)s1)Nc1ccccc1N1CCCCCC1. The van der Waals surface area contributed by atoms with Gasteiger partial charge in [-0.25, -0.2) is 4.79 Å².